The molecule has 1 radical (unpaired) electrons. The maximum Gasteiger partial charge on any atom is 0.123 e. The second-order valence-electron chi connectivity index (χ2n) is 14.7. The Morgan fingerprint density at radius 2 is 1.44 bits per heavy atom. The minimum absolute atomic E-state index is 0. The third-order valence-corrected chi connectivity index (χ3v) is 15.2. The van der Waals surface area contributed by atoms with Crippen molar-refractivity contribution in [1.29, 1.82) is 0 Å². The molecule has 0 spiro atoms. The van der Waals surface area contributed by atoms with Crippen LogP contribution in [0.4, 0.5) is 4.39 Å². The first-order valence-corrected chi connectivity index (χ1v) is 24.0. The van der Waals surface area contributed by atoms with Crippen LogP contribution in [-0.2, 0) is 20.1 Å². The van der Waals surface area contributed by atoms with E-state index in [0.717, 1.165) is 49.1 Å². The number of rotatable bonds is 6. The number of furan rings is 1. The predicted octanol–water partition coefficient (Wildman–Crippen LogP) is 10.8. The zero-order valence-corrected chi connectivity index (χ0v) is 35.1. The maximum absolute atomic E-state index is 13.7. The number of benzene rings is 5. The maximum atomic E-state index is 13.7. The molecule has 3 heterocycles. The van der Waals surface area contributed by atoms with Gasteiger partial charge in [-0.15, -0.1) is 53.6 Å². The Morgan fingerprint density at radius 3 is 2.11 bits per heavy atom. The van der Waals surface area contributed by atoms with E-state index in [0.29, 0.717) is 22.4 Å². The molecule has 0 amide bonds. The Balaban J connectivity index is 0.000000243. The topological polar surface area (TPSA) is 38.9 Å². The number of hydrogen-bond donors (Lipinski definition) is 0. The van der Waals surface area contributed by atoms with Gasteiger partial charge in [0.1, 0.15) is 19.5 Å². The summed E-state index contributed by atoms with van der Waals surface area (Å²) in [5.74, 6) is -0.323. The molecule has 0 saturated carbocycles. The van der Waals surface area contributed by atoms with E-state index >= 15 is 0 Å². The van der Waals surface area contributed by atoms with Crippen LogP contribution in [0.15, 0.2) is 138 Å². The van der Waals surface area contributed by atoms with Gasteiger partial charge in [-0.3, -0.25) is 0 Å². The Labute approximate surface area is 342 Å². The van der Waals surface area contributed by atoms with Crippen LogP contribution in [0.25, 0.3) is 55.6 Å². The van der Waals surface area contributed by atoms with E-state index in [1.807, 2.05) is 54.7 Å². The minimum atomic E-state index is -2.55. The summed E-state index contributed by atoms with van der Waals surface area (Å²) in [5.41, 5.74) is 7.00. The number of pyridine rings is 2. The molecule has 8 rings (SSSR count). The van der Waals surface area contributed by atoms with Crippen LogP contribution in [0.3, 0.4) is 0 Å². The normalized spacial score (nSPS) is 13.7. The van der Waals surface area contributed by atoms with E-state index in [4.69, 9.17) is 12.6 Å². The van der Waals surface area contributed by atoms with Gasteiger partial charge >= 0.3 is 0 Å². The fourth-order valence-corrected chi connectivity index (χ4v) is 10.0. The molecule has 0 unspecified atom stereocenters. The van der Waals surface area contributed by atoms with Crippen LogP contribution in [0, 0.1) is 31.7 Å². The van der Waals surface area contributed by atoms with E-state index < -0.39 is 29.9 Å². The zero-order valence-electron chi connectivity index (χ0n) is 36.7. The molecule has 0 N–H and O–H groups in total. The van der Waals surface area contributed by atoms with E-state index in [9.17, 15) is 4.39 Å². The van der Waals surface area contributed by atoms with Gasteiger partial charge in [0.05, 0.1) is 13.7 Å². The molecule has 0 saturated heterocycles. The fraction of sp³-hybridized carbons (Fsp3) is 0.149. The summed E-state index contributed by atoms with van der Waals surface area (Å²) in [6.07, 6.45) is 3.38. The third-order valence-electron chi connectivity index (χ3n) is 9.66. The molecule has 0 aliphatic heterocycles. The van der Waals surface area contributed by atoms with Gasteiger partial charge in [-0.2, -0.15) is 0 Å². The van der Waals surface area contributed by atoms with Crippen molar-refractivity contribution in [3.05, 3.63) is 163 Å². The summed E-state index contributed by atoms with van der Waals surface area (Å²) in [4.78, 5) is 9.06. The first-order valence-electron chi connectivity index (χ1n) is 20.5. The van der Waals surface area contributed by atoms with Crippen molar-refractivity contribution in [2.75, 3.05) is 0 Å². The van der Waals surface area contributed by atoms with Gasteiger partial charge in [0.2, 0.25) is 0 Å². The number of fused-ring (bicyclic) bond motifs is 3. The molecular weight excluding hydrogens is 876 g/mol. The van der Waals surface area contributed by atoms with Crippen LogP contribution in [-0.4, -0.2) is 26.1 Å². The Morgan fingerprint density at radius 1 is 0.685 bits per heavy atom. The zero-order chi connectivity index (χ0) is 42.3. The summed E-state index contributed by atoms with van der Waals surface area (Å²) in [6.45, 7) is 6.57. The fourth-order valence-electron chi connectivity index (χ4n) is 6.45. The van der Waals surface area contributed by atoms with Gasteiger partial charge in [0.25, 0.3) is 0 Å². The predicted molar refractivity (Wildman–Crippen MR) is 225 cm³/mol. The van der Waals surface area contributed by atoms with Crippen LogP contribution < -0.4 is 15.6 Å². The largest absolute Gasteiger partial charge is 0.501 e. The Kier molecular flexibility index (Phi) is 9.29. The molecule has 0 aliphatic carbocycles. The van der Waals surface area contributed by atoms with Crippen molar-refractivity contribution in [1.82, 2.24) is 9.97 Å². The average Bonchev–Trinajstić information content (AvgIpc) is 3.59. The molecule has 0 atom stereocenters. The molecule has 0 fully saturated rings. The van der Waals surface area contributed by atoms with Gasteiger partial charge in [-0.25, -0.2) is 4.39 Å². The summed E-state index contributed by atoms with van der Waals surface area (Å²) in [7, 11) is -3.89. The van der Waals surface area contributed by atoms with E-state index in [1.165, 1.54) is 29.6 Å². The SMILES string of the molecule is [2H]C([2H])([2H])c1c[c-]c(-c2ccc([Si](C)(C)C)cn2)cc1.[2H]C([2H])([2H])c1cnc(-c2[c-]ccc3c2oc2cc(-c4ccccc4)ccc23)cc1[Si](C)(C)c1ccc(F)cc1.[Ir]. The van der Waals surface area contributed by atoms with Crippen LogP contribution in [0.5, 0.6) is 0 Å². The third kappa shape index (κ3) is 8.15. The molecular formula is C47H43FIrN2OSi2-2. The van der Waals surface area contributed by atoms with Crippen molar-refractivity contribution in [2.24, 2.45) is 0 Å². The van der Waals surface area contributed by atoms with Crippen molar-refractivity contribution in [3.63, 3.8) is 0 Å². The van der Waals surface area contributed by atoms with Gasteiger partial charge in [0, 0.05) is 46.1 Å². The first-order chi connectivity index (χ1) is 27.8. The van der Waals surface area contributed by atoms with Crippen LogP contribution in [0.1, 0.15) is 19.4 Å². The monoisotopic (exact) mass is 925 g/mol. The molecule has 0 bridgehead atoms. The summed E-state index contributed by atoms with van der Waals surface area (Å²) < 4.78 is 66.7. The Hall–Kier alpha value is -4.79. The summed E-state index contributed by atoms with van der Waals surface area (Å²) in [6, 6.07) is 43.6. The smallest absolute Gasteiger partial charge is 0.123 e. The second-order valence-corrected chi connectivity index (χ2v) is 24.1. The first kappa shape index (κ1) is 31.6. The van der Waals surface area contributed by atoms with Crippen molar-refractivity contribution in [3.8, 4) is 33.6 Å². The minimum Gasteiger partial charge on any atom is -0.501 e. The van der Waals surface area contributed by atoms with Crippen LogP contribution >= 0.6 is 0 Å². The number of nitrogens with zero attached hydrogens (tertiary/aromatic N) is 2. The average molecular weight is 925 g/mol. The Bertz CT molecular complexity index is 2690. The molecule has 273 valence electrons. The molecule has 3 aromatic heterocycles. The van der Waals surface area contributed by atoms with E-state index in [-0.39, 0.29) is 31.5 Å². The standard InChI is InChI=1S/C32H25FNOSi.C15H18NSi.Ir/c1-21-20-34-29(19-31(21)36(2,3)25-15-13-24(33)14-16-25)28-11-7-10-27-26-17-12-23(18-30(26)35-32(27)28)22-8-5-4-6-9-22;1-12-5-7-13(8-6-12)15-10-9-14(11-16-15)17(2,3)4;/h4-10,12-20H,1-3H3;5-7,9-11H,1-4H3;/q2*-1;/i2*1D3;. The second kappa shape index (κ2) is 15.9. The molecule has 7 heteroatoms. The van der Waals surface area contributed by atoms with E-state index in [2.05, 4.69) is 85.2 Å². The number of halogens is 1. The number of hydrogen-bond acceptors (Lipinski definition) is 3. The molecule has 8 aromatic rings. The summed E-state index contributed by atoms with van der Waals surface area (Å²) in [5, 5.41) is 4.90. The number of aromatic nitrogens is 2. The molecule has 0 aliphatic rings. The molecule has 5 aromatic carbocycles. The van der Waals surface area contributed by atoms with E-state index in [1.54, 1.807) is 24.3 Å². The van der Waals surface area contributed by atoms with Gasteiger partial charge in [0.15, 0.2) is 0 Å². The van der Waals surface area contributed by atoms with Crippen molar-refractivity contribution >= 4 is 53.6 Å². The molecule has 54 heavy (non-hydrogen) atoms. The van der Waals surface area contributed by atoms with Gasteiger partial charge in [-0.1, -0.05) is 134 Å². The van der Waals surface area contributed by atoms with Crippen molar-refractivity contribution in [2.45, 2.75) is 46.4 Å². The molecule has 3 nitrogen and oxygen atoms in total. The van der Waals surface area contributed by atoms with Crippen molar-refractivity contribution < 1.29 is 37.1 Å². The van der Waals surface area contributed by atoms with Gasteiger partial charge in [-0.05, 0) is 58.3 Å². The summed E-state index contributed by atoms with van der Waals surface area (Å²) >= 11 is 0. The van der Waals surface area contributed by atoms with Gasteiger partial charge < -0.3 is 14.4 Å². The number of aryl methyl sites for hydroxylation is 2. The quantitative estimate of drug-likeness (QED) is 0.123. The van der Waals surface area contributed by atoms with Crippen LogP contribution in [0.2, 0.25) is 32.7 Å².